The normalized spacial score (nSPS) is 18.7. The first kappa shape index (κ1) is 14.5. The van der Waals surface area contributed by atoms with Gasteiger partial charge in [0.2, 0.25) is 11.8 Å². The predicted octanol–water partition coefficient (Wildman–Crippen LogP) is -0.487. The molecule has 2 rings (SSSR count). The molecule has 108 valence electrons. The standard InChI is InChI=1S/C14H20N4O2/c1-17(2)14(20)12-10-15-7-8-18(12)13(19)9-11-5-3-4-6-16-11/h3-6,12,15H,7-10H2,1-2H3. The van der Waals surface area contributed by atoms with Crippen LogP contribution in [0.3, 0.4) is 0 Å². The molecule has 6 nitrogen and oxygen atoms in total. The molecular formula is C14H20N4O2. The van der Waals surface area contributed by atoms with Crippen molar-refractivity contribution < 1.29 is 9.59 Å². The number of piperazine rings is 1. The van der Waals surface area contributed by atoms with E-state index in [2.05, 4.69) is 10.3 Å². The number of hydrogen-bond acceptors (Lipinski definition) is 4. The molecule has 1 aliphatic heterocycles. The zero-order valence-corrected chi connectivity index (χ0v) is 11.9. The monoisotopic (exact) mass is 276 g/mol. The third kappa shape index (κ3) is 3.33. The number of hydrogen-bond donors (Lipinski definition) is 1. The Kier molecular flexibility index (Phi) is 4.68. The van der Waals surface area contributed by atoms with Crippen LogP contribution in [0.2, 0.25) is 0 Å². The highest BCUT2D eigenvalue weighted by molar-refractivity contribution is 5.88. The molecule has 0 radical (unpaired) electrons. The Morgan fingerprint density at radius 3 is 2.90 bits per heavy atom. The summed E-state index contributed by atoms with van der Waals surface area (Å²) in [6, 6.07) is 5.07. The summed E-state index contributed by atoms with van der Waals surface area (Å²) in [5.41, 5.74) is 0.729. The van der Waals surface area contributed by atoms with Gasteiger partial charge in [0.25, 0.3) is 0 Å². The van der Waals surface area contributed by atoms with Crippen molar-refractivity contribution >= 4 is 11.8 Å². The van der Waals surface area contributed by atoms with E-state index in [1.807, 2.05) is 18.2 Å². The van der Waals surface area contributed by atoms with Crippen molar-refractivity contribution in [3.8, 4) is 0 Å². The van der Waals surface area contributed by atoms with E-state index < -0.39 is 6.04 Å². The second-order valence-corrected chi connectivity index (χ2v) is 5.04. The van der Waals surface area contributed by atoms with Gasteiger partial charge >= 0.3 is 0 Å². The average Bonchev–Trinajstić information content (AvgIpc) is 2.47. The lowest BCUT2D eigenvalue weighted by atomic mass is 10.1. The maximum Gasteiger partial charge on any atom is 0.246 e. The van der Waals surface area contributed by atoms with Crippen LogP contribution >= 0.6 is 0 Å². The van der Waals surface area contributed by atoms with Crippen LogP contribution in [-0.4, -0.2) is 66.4 Å². The molecule has 0 bridgehead atoms. The van der Waals surface area contributed by atoms with E-state index in [-0.39, 0.29) is 18.2 Å². The van der Waals surface area contributed by atoms with Gasteiger partial charge in [-0.05, 0) is 12.1 Å². The third-order valence-corrected chi connectivity index (χ3v) is 3.35. The van der Waals surface area contributed by atoms with Gasteiger partial charge in [0.15, 0.2) is 0 Å². The number of rotatable bonds is 3. The van der Waals surface area contributed by atoms with E-state index in [0.29, 0.717) is 19.6 Å². The first-order valence-corrected chi connectivity index (χ1v) is 6.71. The molecule has 0 aromatic carbocycles. The van der Waals surface area contributed by atoms with E-state index in [4.69, 9.17) is 0 Å². The van der Waals surface area contributed by atoms with Crippen molar-refractivity contribution in [3.63, 3.8) is 0 Å². The Labute approximate surface area is 118 Å². The van der Waals surface area contributed by atoms with Crippen LogP contribution in [0.15, 0.2) is 24.4 Å². The van der Waals surface area contributed by atoms with Gasteiger partial charge in [-0.1, -0.05) is 6.07 Å². The third-order valence-electron chi connectivity index (χ3n) is 3.35. The molecule has 1 N–H and O–H groups in total. The zero-order chi connectivity index (χ0) is 14.5. The van der Waals surface area contributed by atoms with E-state index in [0.717, 1.165) is 5.69 Å². The molecular weight excluding hydrogens is 256 g/mol. The number of carbonyl (C=O) groups is 2. The molecule has 6 heteroatoms. The fourth-order valence-electron chi connectivity index (χ4n) is 2.28. The Morgan fingerprint density at radius 1 is 1.45 bits per heavy atom. The highest BCUT2D eigenvalue weighted by Gasteiger charge is 2.32. The summed E-state index contributed by atoms with van der Waals surface area (Å²) in [7, 11) is 3.41. The molecule has 1 unspecified atom stereocenters. The molecule has 1 fully saturated rings. The second-order valence-electron chi connectivity index (χ2n) is 5.04. The number of aromatic nitrogens is 1. The molecule has 2 amide bonds. The fraction of sp³-hybridized carbons (Fsp3) is 0.500. The molecule has 1 aromatic rings. The van der Waals surface area contributed by atoms with Crippen LogP contribution in [-0.2, 0) is 16.0 Å². The van der Waals surface area contributed by atoms with Crippen LogP contribution in [0.25, 0.3) is 0 Å². The topological polar surface area (TPSA) is 65.5 Å². The molecule has 0 saturated carbocycles. The molecule has 0 spiro atoms. The molecule has 1 aliphatic rings. The molecule has 20 heavy (non-hydrogen) atoms. The summed E-state index contributed by atoms with van der Waals surface area (Å²) in [5, 5.41) is 3.16. The zero-order valence-electron chi connectivity index (χ0n) is 11.9. The van der Waals surface area contributed by atoms with Crippen molar-refractivity contribution in [1.29, 1.82) is 0 Å². The van der Waals surface area contributed by atoms with Crippen LogP contribution in [0.1, 0.15) is 5.69 Å². The Morgan fingerprint density at radius 2 is 2.25 bits per heavy atom. The minimum atomic E-state index is -0.421. The summed E-state index contributed by atoms with van der Waals surface area (Å²) in [6.07, 6.45) is 1.90. The maximum atomic E-state index is 12.4. The van der Waals surface area contributed by atoms with Gasteiger partial charge in [-0.3, -0.25) is 14.6 Å². The number of nitrogens with one attached hydrogen (secondary N) is 1. The van der Waals surface area contributed by atoms with E-state index >= 15 is 0 Å². The molecule has 2 heterocycles. The predicted molar refractivity (Wildman–Crippen MR) is 75.0 cm³/mol. The number of carbonyl (C=O) groups excluding carboxylic acids is 2. The Hall–Kier alpha value is -1.95. The van der Waals surface area contributed by atoms with Gasteiger partial charge in [-0.2, -0.15) is 0 Å². The SMILES string of the molecule is CN(C)C(=O)C1CNCCN1C(=O)Cc1ccccn1. The van der Waals surface area contributed by atoms with Crippen LogP contribution < -0.4 is 5.32 Å². The van der Waals surface area contributed by atoms with Gasteiger partial charge in [0, 0.05) is 45.6 Å². The summed E-state index contributed by atoms with van der Waals surface area (Å²) in [5.74, 6) is -0.100. The fourth-order valence-corrected chi connectivity index (χ4v) is 2.28. The highest BCUT2D eigenvalue weighted by Crippen LogP contribution is 2.09. The van der Waals surface area contributed by atoms with Gasteiger partial charge in [-0.25, -0.2) is 0 Å². The lowest BCUT2D eigenvalue weighted by Crippen LogP contribution is -2.59. The van der Waals surface area contributed by atoms with E-state index in [1.54, 1.807) is 25.2 Å². The minimum absolute atomic E-state index is 0.0495. The van der Waals surface area contributed by atoms with Gasteiger partial charge < -0.3 is 15.1 Å². The van der Waals surface area contributed by atoms with Crippen molar-refractivity contribution in [3.05, 3.63) is 30.1 Å². The molecule has 1 atom stereocenters. The van der Waals surface area contributed by atoms with Gasteiger partial charge in [0.1, 0.15) is 6.04 Å². The smallest absolute Gasteiger partial charge is 0.246 e. The van der Waals surface area contributed by atoms with Crippen LogP contribution in [0.5, 0.6) is 0 Å². The van der Waals surface area contributed by atoms with Crippen molar-refractivity contribution in [2.24, 2.45) is 0 Å². The van der Waals surface area contributed by atoms with Crippen molar-refractivity contribution in [1.82, 2.24) is 20.1 Å². The summed E-state index contributed by atoms with van der Waals surface area (Å²) >= 11 is 0. The Balaban J connectivity index is 2.07. The van der Waals surface area contributed by atoms with E-state index in [9.17, 15) is 9.59 Å². The van der Waals surface area contributed by atoms with Gasteiger partial charge in [-0.15, -0.1) is 0 Å². The van der Waals surface area contributed by atoms with E-state index in [1.165, 1.54) is 4.90 Å². The van der Waals surface area contributed by atoms with Crippen molar-refractivity contribution in [2.45, 2.75) is 12.5 Å². The molecule has 0 aliphatic carbocycles. The Bertz CT molecular complexity index is 475. The van der Waals surface area contributed by atoms with Crippen molar-refractivity contribution in [2.75, 3.05) is 33.7 Å². The highest BCUT2D eigenvalue weighted by atomic mass is 16.2. The van der Waals surface area contributed by atoms with Gasteiger partial charge in [0.05, 0.1) is 6.42 Å². The maximum absolute atomic E-state index is 12.4. The summed E-state index contributed by atoms with van der Waals surface area (Å²) < 4.78 is 0. The summed E-state index contributed by atoms with van der Waals surface area (Å²) in [4.78, 5) is 31.9. The largest absolute Gasteiger partial charge is 0.347 e. The van der Waals surface area contributed by atoms with Crippen LogP contribution in [0.4, 0.5) is 0 Å². The number of nitrogens with zero attached hydrogens (tertiary/aromatic N) is 3. The first-order chi connectivity index (χ1) is 9.59. The molecule has 1 saturated heterocycles. The number of likely N-dealkylation sites (N-methyl/N-ethyl adjacent to an activating group) is 1. The summed E-state index contributed by atoms with van der Waals surface area (Å²) in [6.45, 7) is 1.77. The average molecular weight is 276 g/mol. The first-order valence-electron chi connectivity index (χ1n) is 6.71. The minimum Gasteiger partial charge on any atom is -0.347 e. The lowest BCUT2D eigenvalue weighted by Gasteiger charge is -2.36. The number of pyridine rings is 1. The lowest BCUT2D eigenvalue weighted by molar-refractivity contribution is -0.145. The molecule has 1 aromatic heterocycles. The quantitative estimate of drug-likeness (QED) is 0.809. The number of amides is 2. The van der Waals surface area contributed by atoms with Crippen LogP contribution in [0, 0.1) is 0 Å². The second kappa shape index (κ2) is 6.47.